The molecule has 96 valence electrons. The number of rotatable bonds is 2. The van der Waals surface area contributed by atoms with E-state index in [1.165, 1.54) is 0 Å². The fourth-order valence-electron chi connectivity index (χ4n) is 1.86. The van der Waals surface area contributed by atoms with Crippen LogP contribution in [-0.2, 0) is 0 Å². The fourth-order valence-corrected chi connectivity index (χ4v) is 3.18. The molecule has 0 aliphatic heterocycles. The summed E-state index contributed by atoms with van der Waals surface area (Å²) in [7, 11) is 0. The third-order valence-corrected chi connectivity index (χ3v) is 4.46. The van der Waals surface area contributed by atoms with Crippen molar-refractivity contribution in [3.8, 4) is 17.2 Å². The first-order valence-electron chi connectivity index (χ1n) is 5.54. The average Bonchev–Trinajstić information content (AvgIpc) is 2.37. The van der Waals surface area contributed by atoms with Crippen LogP contribution in [0.3, 0.4) is 0 Å². The van der Waals surface area contributed by atoms with Gasteiger partial charge in [0, 0.05) is 20.6 Å². The molecule has 0 aliphatic carbocycles. The summed E-state index contributed by atoms with van der Waals surface area (Å²) in [6.45, 7) is 1.80. The second-order valence-corrected chi connectivity index (χ2v) is 5.73. The highest BCUT2D eigenvalue weighted by Crippen LogP contribution is 2.31. The maximum Gasteiger partial charge on any atom is 0.266 e. The first-order chi connectivity index (χ1) is 9.06. The molecule has 0 spiro atoms. The molecule has 0 unspecified atom stereocenters. The predicted molar refractivity (Wildman–Crippen MR) is 81.4 cm³/mol. The summed E-state index contributed by atoms with van der Waals surface area (Å²) >= 11 is 5.13. The molecule has 0 amide bonds. The topological polar surface area (TPSA) is 56.6 Å². The summed E-state index contributed by atoms with van der Waals surface area (Å²) in [5.74, 6) is 0. The lowest BCUT2D eigenvalue weighted by Crippen LogP contribution is -2.12. The van der Waals surface area contributed by atoms with Gasteiger partial charge < -0.3 is 4.98 Å². The van der Waals surface area contributed by atoms with E-state index in [0.29, 0.717) is 5.56 Å². The Hall–Kier alpha value is -1.51. The number of hydrogen-bond acceptors (Lipinski definition) is 3. The molecule has 0 saturated carbocycles. The van der Waals surface area contributed by atoms with E-state index in [0.717, 1.165) is 20.6 Å². The summed E-state index contributed by atoms with van der Waals surface area (Å²) in [5.41, 5.74) is 2.06. The van der Waals surface area contributed by atoms with Crippen LogP contribution in [0, 0.1) is 18.3 Å². The van der Waals surface area contributed by atoms with Crippen molar-refractivity contribution in [2.24, 2.45) is 0 Å². The third-order valence-electron chi connectivity index (χ3n) is 2.74. The third kappa shape index (κ3) is 2.75. The molecular formula is C14H11BrN2OS. The zero-order valence-corrected chi connectivity index (χ0v) is 12.9. The Morgan fingerprint density at radius 3 is 2.68 bits per heavy atom. The number of hydrogen-bond donors (Lipinski definition) is 1. The lowest BCUT2D eigenvalue weighted by atomic mass is 10.0. The van der Waals surface area contributed by atoms with Crippen LogP contribution in [0.5, 0.6) is 0 Å². The number of nitrogens with one attached hydrogen (secondary N) is 1. The van der Waals surface area contributed by atoms with Crippen molar-refractivity contribution in [1.29, 1.82) is 5.26 Å². The molecule has 1 aromatic heterocycles. The molecule has 0 saturated heterocycles. The summed E-state index contributed by atoms with van der Waals surface area (Å²) in [4.78, 5) is 15.5. The number of thioether (sulfide) groups is 1. The normalized spacial score (nSPS) is 10.2. The monoisotopic (exact) mass is 334 g/mol. The molecule has 0 aliphatic rings. The molecular weight excluding hydrogens is 324 g/mol. The Morgan fingerprint density at radius 1 is 1.37 bits per heavy atom. The van der Waals surface area contributed by atoms with Crippen molar-refractivity contribution in [3.63, 3.8) is 0 Å². The van der Waals surface area contributed by atoms with E-state index in [4.69, 9.17) is 5.26 Å². The Bertz CT molecular complexity index is 731. The van der Waals surface area contributed by atoms with E-state index in [1.807, 2.05) is 36.6 Å². The van der Waals surface area contributed by atoms with Crippen LogP contribution in [0.25, 0.3) is 11.1 Å². The van der Waals surface area contributed by atoms with Crippen LogP contribution in [0.15, 0.2) is 38.4 Å². The number of pyridine rings is 1. The van der Waals surface area contributed by atoms with Crippen molar-refractivity contribution < 1.29 is 0 Å². The molecule has 0 atom stereocenters. The molecule has 1 heterocycles. The number of aryl methyl sites for hydroxylation is 1. The van der Waals surface area contributed by atoms with Crippen molar-refractivity contribution in [1.82, 2.24) is 4.98 Å². The van der Waals surface area contributed by atoms with E-state index in [-0.39, 0.29) is 11.1 Å². The lowest BCUT2D eigenvalue weighted by Gasteiger charge is -2.08. The molecule has 3 nitrogen and oxygen atoms in total. The highest BCUT2D eigenvalue weighted by Gasteiger charge is 2.11. The van der Waals surface area contributed by atoms with Gasteiger partial charge in [-0.05, 0) is 52.9 Å². The van der Waals surface area contributed by atoms with E-state index in [9.17, 15) is 4.79 Å². The summed E-state index contributed by atoms with van der Waals surface area (Å²) in [5, 5.41) is 9.14. The zero-order valence-electron chi connectivity index (χ0n) is 10.5. The first-order valence-corrected chi connectivity index (χ1v) is 7.56. The lowest BCUT2D eigenvalue weighted by molar-refractivity contribution is 1.13. The van der Waals surface area contributed by atoms with E-state index in [1.54, 1.807) is 18.7 Å². The molecule has 2 aromatic rings. The van der Waals surface area contributed by atoms with Crippen molar-refractivity contribution in [2.45, 2.75) is 11.8 Å². The van der Waals surface area contributed by atoms with Gasteiger partial charge in [0.1, 0.15) is 11.6 Å². The Kier molecular flexibility index (Phi) is 4.13. The van der Waals surface area contributed by atoms with Gasteiger partial charge in [0.2, 0.25) is 0 Å². The van der Waals surface area contributed by atoms with E-state index < -0.39 is 0 Å². The van der Waals surface area contributed by atoms with Crippen LogP contribution in [0.1, 0.15) is 11.3 Å². The molecule has 5 heteroatoms. The quantitative estimate of drug-likeness (QED) is 0.851. The van der Waals surface area contributed by atoms with Crippen LogP contribution in [0.2, 0.25) is 0 Å². The van der Waals surface area contributed by atoms with Gasteiger partial charge in [-0.15, -0.1) is 11.8 Å². The van der Waals surface area contributed by atoms with Gasteiger partial charge in [-0.2, -0.15) is 5.26 Å². The predicted octanol–water partition coefficient (Wildman–Crippen LogP) is 3.71. The minimum Gasteiger partial charge on any atom is -0.325 e. The fraction of sp³-hybridized carbons (Fsp3) is 0.143. The molecule has 2 rings (SSSR count). The summed E-state index contributed by atoms with van der Waals surface area (Å²) in [6.07, 6.45) is 2.00. The molecule has 19 heavy (non-hydrogen) atoms. The van der Waals surface area contributed by atoms with Gasteiger partial charge in [0.25, 0.3) is 5.56 Å². The SMILES string of the molecule is CSc1ccc(-c2cc(C)[nH]c(=O)c2C#N)cc1Br. The van der Waals surface area contributed by atoms with E-state index >= 15 is 0 Å². The second-order valence-electron chi connectivity index (χ2n) is 4.03. The number of benzene rings is 1. The minimum atomic E-state index is -0.345. The molecule has 1 N–H and O–H groups in total. The highest BCUT2D eigenvalue weighted by atomic mass is 79.9. The number of nitrogens with zero attached hydrogens (tertiary/aromatic N) is 1. The number of aromatic nitrogens is 1. The molecule has 0 bridgehead atoms. The highest BCUT2D eigenvalue weighted by molar-refractivity contribution is 9.10. The number of halogens is 1. The maximum atomic E-state index is 11.8. The van der Waals surface area contributed by atoms with Gasteiger partial charge in [0.05, 0.1) is 0 Å². The molecule has 0 radical (unpaired) electrons. The summed E-state index contributed by atoms with van der Waals surface area (Å²) in [6, 6.07) is 9.62. The second kappa shape index (κ2) is 5.64. The van der Waals surface area contributed by atoms with Gasteiger partial charge >= 0.3 is 0 Å². The van der Waals surface area contributed by atoms with Crippen molar-refractivity contribution in [2.75, 3.05) is 6.26 Å². The summed E-state index contributed by atoms with van der Waals surface area (Å²) < 4.78 is 0.958. The smallest absolute Gasteiger partial charge is 0.266 e. The number of H-pyrrole nitrogens is 1. The minimum absolute atomic E-state index is 0.148. The standard InChI is InChI=1S/C14H11BrN2OS/c1-8-5-10(11(7-16)14(18)17-8)9-3-4-13(19-2)12(15)6-9/h3-6H,1-2H3,(H,17,18). The average molecular weight is 335 g/mol. The van der Waals surface area contributed by atoms with Crippen LogP contribution >= 0.6 is 27.7 Å². The van der Waals surface area contributed by atoms with Crippen LogP contribution in [-0.4, -0.2) is 11.2 Å². The Morgan fingerprint density at radius 2 is 2.11 bits per heavy atom. The molecule has 0 fully saturated rings. The molecule has 1 aromatic carbocycles. The van der Waals surface area contributed by atoms with E-state index in [2.05, 4.69) is 20.9 Å². The Labute approximate surface area is 123 Å². The Balaban J connectivity index is 2.69. The van der Waals surface area contributed by atoms with Crippen LogP contribution < -0.4 is 5.56 Å². The van der Waals surface area contributed by atoms with Gasteiger partial charge in [-0.3, -0.25) is 4.79 Å². The maximum absolute atomic E-state index is 11.8. The van der Waals surface area contributed by atoms with Gasteiger partial charge in [0.15, 0.2) is 0 Å². The zero-order chi connectivity index (χ0) is 14.0. The number of nitriles is 1. The van der Waals surface area contributed by atoms with Gasteiger partial charge in [-0.25, -0.2) is 0 Å². The number of aromatic amines is 1. The largest absolute Gasteiger partial charge is 0.325 e. The van der Waals surface area contributed by atoms with Crippen molar-refractivity contribution in [3.05, 3.63) is 50.3 Å². The first kappa shape index (κ1) is 13.9. The van der Waals surface area contributed by atoms with Gasteiger partial charge in [-0.1, -0.05) is 6.07 Å². The van der Waals surface area contributed by atoms with Crippen LogP contribution in [0.4, 0.5) is 0 Å². The van der Waals surface area contributed by atoms with Crippen molar-refractivity contribution >= 4 is 27.7 Å².